The quantitative estimate of drug-likeness (QED) is 0.881. The molecule has 2 atom stereocenters. The van der Waals surface area contributed by atoms with Crippen molar-refractivity contribution in [3.05, 3.63) is 70.8 Å². The van der Waals surface area contributed by atoms with Crippen LogP contribution in [-0.2, 0) is 12.8 Å². The number of benzene rings is 2. The summed E-state index contributed by atoms with van der Waals surface area (Å²) in [6.45, 7) is 0. The highest BCUT2D eigenvalue weighted by Gasteiger charge is 2.27. The average molecular weight is 287 g/mol. The molecule has 1 aliphatic carbocycles. The minimum absolute atomic E-state index is 0.226. The Morgan fingerprint density at radius 3 is 2.52 bits per heavy atom. The van der Waals surface area contributed by atoms with E-state index in [9.17, 15) is 8.78 Å². The van der Waals surface area contributed by atoms with Crippen molar-refractivity contribution >= 4 is 0 Å². The first kappa shape index (κ1) is 14.2. The molecule has 0 fully saturated rings. The number of halogens is 2. The third-order valence-corrected chi connectivity index (χ3v) is 4.34. The molecule has 0 aliphatic heterocycles. The van der Waals surface area contributed by atoms with Gasteiger partial charge in [-0.15, -0.1) is 0 Å². The summed E-state index contributed by atoms with van der Waals surface area (Å²) in [7, 11) is 1.91. The van der Waals surface area contributed by atoms with Gasteiger partial charge in [0.2, 0.25) is 0 Å². The highest BCUT2D eigenvalue weighted by atomic mass is 19.1. The van der Waals surface area contributed by atoms with Gasteiger partial charge in [-0.3, -0.25) is 0 Å². The molecule has 1 N–H and O–H groups in total. The fraction of sp³-hybridized carbons (Fsp3) is 0.333. The van der Waals surface area contributed by atoms with Crippen molar-refractivity contribution in [1.82, 2.24) is 5.32 Å². The van der Waals surface area contributed by atoms with Gasteiger partial charge in [-0.1, -0.05) is 24.3 Å². The monoisotopic (exact) mass is 287 g/mol. The third kappa shape index (κ3) is 3.13. The van der Waals surface area contributed by atoms with Crippen LogP contribution in [0.25, 0.3) is 0 Å². The number of hydrogen-bond donors (Lipinski definition) is 1. The standard InChI is InChI=1S/C18H19F2N/c1-21-17(8-12-6-15(19)11-16(20)7-12)10-14-9-13-4-2-3-5-18(13)14/h2-7,11,14,17,21H,8-10H2,1H3. The zero-order chi connectivity index (χ0) is 14.8. The van der Waals surface area contributed by atoms with Crippen LogP contribution in [0.4, 0.5) is 8.78 Å². The molecule has 3 heteroatoms. The molecule has 0 amide bonds. The molecule has 0 spiro atoms. The van der Waals surface area contributed by atoms with Gasteiger partial charge >= 0.3 is 0 Å². The Hall–Kier alpha value is -1.74. The highest BCUT2D eigenvalue weighted by molar-refractivity contribution is 5.40. The molecule has 110 valence electrons. The van der Waals surface area contributed by atoms with Crippen molar-refractivity contribution in [2.24, 2.45) is 0 Å². The Morgan fingerprint density at radius 2 is 1.86 bits per heavy atom. The second-order valence-corrected chi connectivity index (χ2v) is 5.80. The first-order valence-electron chi connectivity index (χ1n) is 7.35. The van der Waals surface area contributed by atoms with Gasteiger partial charge in [0.1, 0.15) is 11.6 Å². The van der Waals surface area contributed by atoms with E-state index in [0.717, 1.165) is 18.9 Å². The first-order valence-corrected chi connectivity index (χ1v) is 7.35. The Bertz CT molecular complexity index is 619. The van der Waals surface area contributed by atoms with E-state index in [2.05, 4.69) is 29.6 Å². The molecule has 0 bridgehead atoms. The molecule has 1 nitrogen and oxygen atoms in total. The lowest BCUT2D eigenvalue weighted by Crippen LogP contribution is -2.32. The van der Waals surface area contributed by atoms with Crippen LogP contribution in [-0.4, -0.2) is 13.1 Å². The van der Waals surface area contributed by atoms with E-state index in [0.29, 0.717) is 17.9 Å². The van der Waals surface area contributed by atoms with E-state index in [1.807, 2.05) is 7.05 Å². The van der Waals surface area contributed by atoms with Gasteiger partial charge in [-0.05, 0) is 61.1 Å². The predicted octanol–water partition coefficient (Wildman–Crippen LogP) is 3.83. The molecule has 0 saturated carbocycles. The van der Waals surface area contributed by atoms with Gasteiger partial charge in [0, 0.05) is 12.1 Å². The molecule has 0 aromatic heterocycles. The van der Waals surface area contributed by atoms with E-state index in [1.165, 1.54) is 23.3 Å². The van der Waals surface area contributed by atoms with Crippen molar-refractivity contribution < 1.29 is 8.78 Å². The Labute approximate surface area is 124 Å². The van der Waals surface area contributed by atoms with E-state index in [4.69, 9.17) is 0 Å². The van der Waals surface area contributed by atoms with E-state index < -0.39 is 11.6 Å². The number of hydrogen-bond acceptors (Lipinski definition) is 1. The molecule has 21 heavy (non-hydrogen) atoms. The minimum atomic E-state index is -0.506. The molecule has 0 radical (unpaired) electrons. The van der Waals surface area contributed by atoms with Gasteiger partial charge in [0.25, 0.3) is 0 Å². The van der Waals surface area contributed by atoms with Crippen molar-refractivity contribution in [3.8, 4) is 0 Å². The summed E-state index contributed by atoms with van der Waals surface area (Å²) in [6.07, 6.45) is 2.74. The van der Waals surface area contributed by atoms with Gasteiger partial charge in [0.15, 0.2) is 0 Å². The molecular formula is C18H19F2N. The summed E-state index contributed by atoms with van der Waals surface area (Å²) in [5.41, 5.74) is 3.55. The van der Waals surface area contributed by atoms with Crippen LogP contribution in [0.5, 0.6) is 0 Å². The maximum Gasteiger partial charge on any atom is 0.126 e. The predicted molar refractivity (Wildman–Crippen MR) is 80.4 cm³/mol. The maximum atomic E-state index is 13.3. The summed E-state index contributed by atoms with van der Waals surface area (Å²) in [4.78, 5) is 0. The van der Waals surface area contributed by atoms with Crippen LogP contribution < -0.4 is 5.32 Å². The van der Waals surface area contributed by atoms with Crippen LogP contribution in [0.15, 0.2) is 42.5 Å². The Balaban J connectivity index is 1.67. The summed E-state index contributed by atoms with van der Waals surface area (Å²) < 4.78 is 26.5. The largest absolute Gasteiger partial charge is 0.317 e. The number of nitrogens with one attached hydrogen (secondary N) is 1. The van der Waals surface area contributed by atoms with Crippen LogP contribution >= 0.6 is 0 Å². The second kappa shape index (κ2) is 5.94. The molecule has 2 unspecified atom stereocenters. The average Bonchev–Trinajstić information content (AvgIpc) is 2.42. The van der Waals surface area contributed by atoms with Crippen molar-refractivity contribution in [1.29, 1.82) is 0 Å². The smallest absolute Gasteiger partial charge is 0.126 e. The van der Waals surface area contributed by atoms with Crippen LogP contribution in [0.3, 0.4) is 0 Å². The van der Waals surface area contributed by atoms with E-state index in [1.54, 1.807) is 0 Å². The second-order valence-electron chi connectivity index (χ2n) is 5.80. The van der Waals surface area contributed by atoms with Gasteiger partial charge in [0.05, 0.1) is 0 Å². The topological polar surface area (TPSA) is 12.0 Å². The summed E-state index contributed by atoms with van der Waals surface area (Å²) in [5, 5.41) is 3.27. The number of rotatable bonds is 5. The molecule has 0 saturated heterocycles. The van der Waals surface area contributed by atoms with Crippen LogP contribution in [0.2, 0.25) is 0 Å². The molecule has 1 aliphatic rings. The fourth-order valence-corrected chi connectivity index (χ4v) is 3.23. The normalized spacial score (nSPS) is 18.0. The van der Waals surface area contributed by atoms with E-state index >= 15 is 0 Å². The number of fused-ring (bicyclic) bond motifs is 1. The SMILES string of the molecule is CNC(Cc1cc(F)cc(F)c1)CC1Cc2ccccc21. The van der Waals surface area contributed by atoms with Crippen molar-refractivity contribution in [3.63, 3.8) is 0 Å². The van der Waals surface area contributed by atoms with Crippen LogP contribution in [0, 0.1) is 11.6 Å². The molecule has 2 aromatic carbocycles. The number of likely N-dealkylation sites (N-methyl/N-ethyl adjacent to an activating group) is 1. The summed E-state index contributed by atoms with van der Waals surface area (Å²) in [5.74, 6) is -0.459. The molecule has 0 heterocycles. The van der Waals surface area contributed by atoms with Crippen molar-refractivity contribution in [2.45, 2.75) is 31.2 Å². The first-order chi connectivity index (χ1) is 10.2. The van der Waals surface area contributed by atoms with Gasteiger partial charge in [-0.2, -0.15) is 0 Å². The summed E-state index contributed by atoms with van der Waals surface area (Å²) >= 11 is 0. The minimum Gasteiger partial charge on any atom is -0.317 e. The highest BCUT2D eigenvalue weighted by Crippen LogP contribution is 2.38. The Kier molecular flexibility index (Phi) is 4.02. The molecule has 3 rings (SSSR count). The lowest BCUT2D eigenvalue weighted by molar-refractivity contribution is 0.437. The third-order valence-electron chi connectivity index (χ3n) is 4.34. The van der Waals surface area contributed by atoms with Crippen molar-refractivity contribution in [2.75, 3.05) is 7.05 Å². The Morgan fingerprint density at radius 1 is 1.14 bits per heavy atom. The molecule has 2 aromatic rings. The summed E-state index contributed by atoms with van der Waals surface area (Å²) in [6, 6.07) is 12.5. The zero-order valence-corrected chi connectivity index (χ0v) is 12.1. The zero-order valence-electron chi connectivity index (χ0n) is 12.1. The van der Waals surface area contributed by atoms with Gasteiger partial charge in [-0.25, -0.2) is 8.78 Å². The maximum absolute atomic E-state index is 13.3. The lowest BCUT2D eigenvalue weighted by Gasteiger charge is -2.33. The van der Waals surface area contributed by atoms with Gasteiger partial charge < -0.3 is 5.32 Å². The van der Waals surface area contributed by atoms with Crippen LogP contribution in [0.1, 0.15) is 29.0 Å². The molecular weight excluding hydrogens is 268 g/mol. The lowest BCUT2D eigenvalue weighted by atomic mass is 9.74. The van der Waals surface area contributed by atoms with E-state index in [-0.39, 0.29) is 6.04 Å². The fourth-order valence-electron chi connectivity index (χ4n) is 3.23.